The third-order valence-corrected chi connectivity index (χ3v) is 10.6. The van der Waals surface area contributed by atoms with Crippen LogP contribution in [0.15, 0.2) is 158 Å². The molecule has 3 aliphatic carbocycles. The summed E-state index contributed by atoms with van der Waals surface area (Å²) in [5.41, 5.74) is 12.5. The summed E-state index contributed by atoms with van der Waals surface area (Å²) in [6.07, 6.45) is 19.9. The summed E-state index contributed by atoms with van der Waals surface area (Å²) in [5.74, 6) is 1.32. The molecule has 0 spiro atoms. The molecule has 2 aromatic heterocycles. The molecule has 0 amide bonds. The summed E-state index contributed by atoms with van der Waals surface area (Å²) in [7, 11) is 0. The lowest BCUT2D eigenvalue weighted by Gasteiger charge is -2.30. The van der Waals surface area contributed by atoms with Crippen LogP contribution in [0.4, 0.5) is 0 Å². The Bertz CT molecular complexity index is 2600. The van der Waals surface area contributed by atoms with Gasteiger partial charge < -0.3 is 0 Å². The Labute approximate surface area is 291 Å². The lowest BCUT2D eigenvalue weighted by atomic mass is 9.74. The van der Waals surface area contributed by atoms with Crippen LogP contribution in [0.5, 0.6) is 0 Å². The lowest BCUT2D eigenvalue weighted by Crippen LogP contribution is -2.16. The van der Waals surface area contributed by atoms with Crippen LogP contribution in [0, 0.1) is 5.92 Å². The fourth-order valence-electron chi connectivity index (χ4n) is 8.12. The SMILES string of the molecule is C1=CC2C=C(c3cc(-c4cc5c(c6ccccc46)C=CCC5)nc(-c4ccc(-c5nccc6ccccc56)cc4)n3)c3ccccc3C2C=C1. The Balaban J connectivity index is 1.18. The predicted octanol–water partition coefficient (Wildman–Crippen LogP) is 11.4. The Morgan fingerprint density at radius 2 is 1.38 bits per heavy atom. The molecule has 0 radical (unpaired) electrons. The van der Waals surface area contributed by atoms with E-state index in [0.717, 1.165) is 63.4 Å². The van der Waals surface area contributed by atoms with Crippen LogP contribution in [-0.2, 0) is 6.42 Å². The summed E-state index contributed by atoms with van der Waals surface area (Å²) >= 11 is 0. The standard InChI is InChI=1S/C47H33N3/c1-6-16-37-30(11-1)25-26-48-46(37)31-21-23-32(24-22-31)47-49-44(42-27-33-12-2-4-14-35(33)38-17-7-9-19-40(38)42)29-45(50-47)43-28-34-13-3-5-15-36(34)39-18-8-10-20-41(39)43/h1-2,4-12,14-29,33,35H,3,13H2. The minimum Gasteiger partial charge on any atom is -0.256 e. The second kappa shape index (κ2) is 11.7. The molecule has 0 N–H and O–H groups in total. The average molecular weight is 640 g/mol. The van der Waals surface area contributed by atoms with Gasteiger partial charge in [-0.2, -0.15) is 0 Å². The van der Waals surface area contributed by atoms with Gasteiger partial charge in [0.1, 0.15) is 0 Å². The van der Waals surface area contributed by atoms with Gasteiger partial charge in [-0.1, -0.05) is 140 Å². The molecular weight excluding hydrogens is 607 g/mol. The van der Waals surface area contributed by atoms with Crippen LogP contribution in [-0.4, -0.2) is 15.0 Å². The van der Waals surface area contributed by atoms with Crippen molar-refractivity contribution in [1.29, 1.82) is 0 Å². The molecule has 50 heavy (non-hydrogen) atoms. The molecule has 2 unspecified atom stereocenters. The first-order chi connectivity index (χ1) is 24.8. The normalized spacial score (nSPS) is 17.3. The van der Waals surface area contributed by atoms with Gasteiger partial charge in [0.25, 0.3) is 0 Å². The van der Waals surface area contributed by atoms with Crippen molar-refractivity contribution in [3.63, 3.8) is 0 Å². The maximum Gasteiger partial charge on any atom is 0.160 e. The number of rotatable bonds is 4. The number of hydrogen-bond donors (Lipinski definition) is 0. The highest BCUT2D eigenvalue weighted by Gasteiger charge is 2.29. The van der Waals surface area contributed by atoms with Crippen molar-refractivity contribution < 1.29 is 0 Å². The molecule has 0 fully saturated rings. The van der Waals surface area contributed by atoms with Crippen LogP contribution in [0.1, 0.15) is 40.3 Å². The Morgan fingerprint density at radius 1 is 0.620 bits per heavy atom. The molecule has 2 atom stereocenters. The van der Waals surface area contributed by atoms with Gasteiger partial charge >= 0.3 is 0 Å². The molecule has 5 aromatic carbocycles. The summed E-state index contributed by atoms with van der Waals surface area (Å²) in [5, 5.41) is 4.81. The number of allylic oxidation sites excluding steroid dienone is 6. The van der Waals surface area contributed by atoms with E-state index in [1.165, 1.54) is 38.4 Å². The summed E-state index contributed by atoms with van der Waals surface area (Å²) in [6, 6.07) is 41.3. The van der Waals surface area contributed by atoms with Gasteiger partial charge in [-0.05, 0) is 69.5 Å². The van der Waals surface area contributed by atoms with Gasteiger partial charge in [0, 0.05) is 45.7 Å². The third-order valence-electron chi connectivity index (χ3n) is 10.6. The minimum atomic E-state index is 0.274. The summed E-state index contributed by atoms with van der Waals surface area (Å²) in [6.45, 7) is 0. The maximum absolute atomic E-state index is 5.36. The van der Waals surface area contributed by atoms with Crippen LogP contribution in [0.25, 0.3) is 67.1 Å². The van der Waals surface area contributed by atoms with E-state index >= 15 is 0 Å². The molecule has 7 aromatic rings. The van der Waals surface area contributed by atoms with Crippen LogP contribution < -0.4 is 0 Å². The Hall–Kier alpha value is -6.19. The smallest absolute Gasteiger partial charge is 0.160 e. The van der Waals surface area contributed by atoms with Crippen molar-refractivity contribution in [1.82, 2.24) is 15.0 Å². The topological polar surface area (TPSA) is 38.7 Å². The van der Waals surface area contributed by atoms with E-state index in [0.29, 0.717) is 5.92 Å². The molecular formula is C47H33N3. The third kappa shape index (κ3) is 4.77. The average Bonchev–Trinajstić information content (AvgIpc) is 3.20. The van der Waals surface area contributed by atoms with Gasteiger partial charge in [0.2, 0.25) is 0 Å². The van der Waals surface area contributed by atoms with Gasteiger partial charge in [0.05, 0.1) is 17.1 Å². The monoisotopic (exact) mass is 639 g/mol. The van der Waals surface area contributed by atoms with Crippen molar-refractivity contribution in [3.05, 3.63) is 186 Å². The van der Waals surface area contributed by atoms with Crippen LogP contribution >= 0.6 is 0 Å². The largest absolute Gasteiger partial charge is 0.256 e. The summed E-state index contributed by atoms with van der Waals surface area (Å²) in [4.78, 5) is 15.5. The molecule has 2 heterocycles. The molecule has 3 heteroatoms. The highest BCUT2D eigenvalue weighted by atomic mass is 14.9. The zero-order chi connectivity index (χ0) is 33.0. The van der Waals surface area contributed by atoms with Gasteiger partial charge in [-0.15, -0.1) is 0 Å². The fraction of sp³-hybridized carbons (Fsp3) is 0.0851. The van der Waals surface area contributed by atoms with E-state index in [4.69, 9.17) is 15.0 Å². The fourth-order valence-corrected chi connectivity index (χ4v) is 8.12. The molecule has 3 aliphatic rings. The number of benzene rings is 5. The number of hydrogen-bond acceptors (Lipinski definition) is 3. The molecule has 0 aliphatic heterocycles. The van der Waals surface area contributed by atoms with E-state index < -0.39 is 0 Å². The second-order valence-electron chi connectivity index (χ2n) is 13.4. The molecule has 3 nitrogen and oxygen atoms in total. The minimum absolute atomic E-state index is 0.274. The van der Waals surface area contributed by atoms with Gasteiger partial charge in [-0.25, -0.2) is 9.97 Å². The van der Waals surface area contributed by atoms with Crippen LogP contribution in [0.2, 0.25) is 0 Å². The molecule has 10 rings (SSSR count). The lowest BCUT2D eigenvalue weighted by molar-refractivity contribution is 0.688. The molecule has 236 valence electrons. The van der Waals surface area contributed by atoms with E-state index in [1.807, 2.05) is 6.20 Å². The number of nitrogens with zero attached hydrogens (tertiary/aromatic N) is 3. The highest BCUT2D eigenvalue weighted by Crippen LogP contribution is 2.44. The number of aromatic nitrogens is 3. The van der Waals surface area contributed by atoms with Crippen LogP contribution in [0.3, 0.4) is 0 Å². The van der Waals surface area contributed by atoms with Crippen molar-refractivity contribution in [3.8, 4) is 33.9 Å². The zero-order valence-corrected chi connectivity index (χ0v) is 27.5. The Morgan fingerprint density at radius 3 is 2.30 bits per heavy atom. The first-order valence-corrected chi connectivity index (χ1v) is 17.5. The van der Waals surface area contributed by atoms with Gasteiger partial charge in [-0.3, -0.25) is 4.98 Å². The van der Waals surface area contributed by atoms with Crippen molar-refractivity contribution in [2.75, 3.05) is 0 Å². The van der Waals surface area contributed by atoms with Crippen molar-refractivity contribution in [2.45, 2.75) is 18.8 Å². The second-order valence-corrected chi connectivity index (χ2v) is 13.4. The first-order valence-electron chi connectivity index (χ1n) is 17.5. The number of pyridine rings is 1. The number of fused-ring (bicyclic) bond motifs is 7. The molecule has 0 saturated carbocycles. The summed E-state index contributed by atoms with van der Waals surface area (Å²) < 4.78 is 0. The maximum atomic E-state index is 5.36. The number of aryl methyl sites for hydroxylation is 1. The van der Waals surface area contributed by atoms with E-state index in [1.54, 1.807) is 0 Å². The zero-order valence-electron chi connectivity index (χ0n) is 27.5. The Kier molecular flexibility index (Phi) is 6.76. The quantitative estimate of drug-likeness (QED) is 0.192. The predicted molar refractivity (Wildman–Crippen MR) is 207 cm³/mol. The van der Waals surface area contributed by atoms with E-state index in [9.17, 15) is 0 Å². The molecule has 0 bridgehead atoms. The highest BCUT2D eigenvalue weighted by molar-refractivity contribution is 6.02. The van der Waals surface area contributed by atoms with Crippen molar-refractivity contribution >= 4 is 33.2 Å². The van der Waals surface area contributed by atoms with Gasteiger partial charge in [0.15, 0.2) is 5.82 Å². The van der Waals surface area contributed by atoms with E-state index in [-0.39, 0.29) is 5.92 Å². The van der Waals surface area contributed by atoms with E-state index in [2.05, 4.69) is 158 Å². The molecule has 0 saturated heterocycles. The first kappa shape index (κ1) is 28.8. The van der Waals surface area contributed by atoms with Crippen molar-refractivity contribution in [2.24, 2.45) is 5.92 Å².